The van der Waals surface area contributed by atoms with E-state index in [0.29, 0.717) is 35.1 Å². The molecule has 4 rings (SSSR count). The number of rotatable bonds is 5. The fourth-order valence-corrected chi connectivity index (χ4v) is 8.70. The summed E-state index contributed by atoms with van der Waals surface area (Å²) in [5.41, 5.74) is 3.15. The monoisotopic (exact) mass is 484 g/mol. The fraction of sp³-hybridized carbons (Fsp3) is 0.800. The highest BCUT2D eigenvalue weighted by molar-refractivity contribution is 5.88. The number of amides is 1. The number of hydrogen-bond acceptors (Lipinski definition) is 4. The predicted molar refractivity (Wildman–Crippen MR) is 141 cm³/mol. The summed E-state index contributed by atoms with van der Waals surface area (Å²) >= 11 is 0. The van der Waals surface area contributed by atoms with E-state index in [2.05, 4.69) is 51.2 Å². The lowest BCUT2D eigenvalue weighted by molar-refractivity contribution is -0.162. The number of carbonyl (C=O) groups excluding carboxylic acids is 2. The summed E-state index contributed by atoms with van der Waals surface area (Å²) in [4.78, 5) is 27.0. The Kier molecular flexibility index (Phi) is 7.32. The van der Waals surface area contributed by atoms with Crippen molar-refractivity contribution in [1.29, 1.82) is 0 Å². The maximum Gasteiger partial charge on any atom is 0.302 e. The van der Waals surface area contributed by atoms with Crippen LogP contribution in [0.2, 0.25) is 0 Å². The molecule has 0 aromatic rings. The first kappa shape index (κ1) is 26.4. The standard InChI is InChI=1S/C30H48N2O3/c1-18(2)15-28(34)31-26-16-21-9-10-22-24-12-11-23(19(3)32(7)8)29(24,5)14-13-25(22)30(21,6)17-27(26)35-20(4)33/h12,15,19,21-23,25-27H,9-11,13-14,16-17H2,1-8H3,(H,31,34). The Balaban J connectivity index is 1.57. The number of nitrogens with zero attached hydrogens (tertiary/aromatic N) is 1. The minimum absolute atomic E-state index is 0.0740. The number of ether oxygens (including phenoxy) is 1. The van der Waals surface area contributed by atoms with E-state index in [1.807, 2.05) is 13.8 Å². The van der Waals surface area contributed by atoms with Crippen molar-refractivity contribution in [2.45, 2.75) is 105 Å². The third-order valence-corrected chi connectivity index (χ3v) is 10.6. The van der Waals surface area contributed by atoms with E-state index in [9.17, 15) is 9.59 Å². The largest absolute Gasteiger partial charge is 0.460 e. The summed E-state index contributed by atoms with van der Waals surface area (Å²) in [6.45, 7) is 12.8. The van der Waals surface area contributed by atoms with Crippen molar-refractivity contribution >= 4 is 11.9 Å². The molecule has 35 heavy (non-hydrogen) atoms. The predicted octanol–water partition coefficient (Wildman–Crippen LogP) is 5.51. The first-order valence-corrected chi connectivity index (χ1v) is 13.9. The van der Waals surface area contributed by atoms with Gasteiger partial charge in [0.2, 0.25) is 5.91 Å². The second kappa shape index (κ2) is 9.68. The van der Waals surface area contributed by atoms with Gasteiger partial charge in [-0.3, -0.25) is 9.59 Å². The van der Waals surface area contributed by atoms with Gasteiger partial charge in [0, 0.05) is 19.0 Å². The minimum Gasteiger partial charge on any atom is -0.460 e. The molecule has 4 aliphatic carbocycles. The van der Waals surface area contributed by atoms with Crippen LogP contribution in [-0.2, 0) is 14.3 Å². The second-order valence-corrected chi connectivity index (χ2v) is 13.1. The molecule has 4 aliphatic rings. The molecule has 0 saturated heterocycles. The summed E-state index contributed by atoms with van der Waals surface area (Å²) < 4.78 is 5.89. The van der Waals surface area contributed by atoms with Gasteiger partial charge in [0.25, 0.3) is 0 Å². The van der Waals surface area contributed by atoms with Crippen molar-refractivity contribution in [3.05, 3.63) is 23.3 Å². The van der Waals surface area contributed by atoms with Crippen LogP contribution in [0.15, 0.2) is 23.3 Å². The number of fused-ring (bicyclic) bond motifs is 5. The smallest absolute Gasteiger partial charge is 0.302 e. The SMILES string of the molecule is CC(=O)OC1CC2(C)C(CCC3C4=CCC(C(C)N(C)C)C4(C)CCC32)CC1NC(=O)C=C(C)C. The van der Waals surface area contributed by atoms with E-state index in [4.69, 9.17) is 4.74 Å². The molecule has 9 unspecified atom stereocenters. The summed E-state index contributed by atoms with van der Waals surface area (Å²) in [7, 11) is 4.43. The van der Waals surface area contributed by atoms with Gasteiger partial charge in [0.15, 0.2) is 0 Å². The van der Waals surface area contributed by atoms with Gasteiger partial charge in [-0.05, 0) is 114 Å². The summed E-state index contributed by atoms with van der Waals surface area (Å²) in [6, 6.07) is 0.465. The molecule has 3 fully saturated rings. The summed E-state index contributed by atoms with van der Waals surface area (Å²) in [6.07, 6.45) is 11.9. The average Bonchev–Trinajstić information content (AvgIpc) is 3.09. The number of nitrogens with one attached hydrogen (secondary N) is 1. The molecule has 1 amide bonds. The van der Waals surface area contributed by atoms with E-state index >= 15 is 0 Å². The molecule has 196 valence electrons. The Morgan fingerprint density at radius 2 is 1.89 bits per heavy atom. The Morgan fingerprint density at radius 3 is 2.51 bits per heavy atom. The van der Waals surface area contributed by atoms with E-state index in [1.165, 1.54) is 39.0 Å². The molecular formula is C30H48N2O3. The fourth-order valence-electron chi connectivity index (χ4n) is 8.70. The van der Waals surface area contributed by atoms with Crippen LogP contribution in [0.4, 0.5) is 0 Å². The zero-order valence-electron chi connectivity index (χ0n) is 23.3. The van der Waals surface area contributed by atoms with Crippen LogP contribution in [0, 0.1) is 34.5 Å². The van der Waals surface area contributed by atoms with Gasteiger partial charge in [-0.1, -0.05) is 31.1 Å². The van der Waals surface area contributed by atoms with Gasteiger partial charge in [0.1, 0.15) is 6.10 Å². The van der Waals surface area contributed by atoms with Crippen LogP contribution in [0.5, 0.6) is 0 Å². The zero-order chi connectivity index (χ0) is 25.7. The van der Waals surface area contributed by atoms with Crippen molar-refractivity contribution in [3.63, 3.8) is 0 Å². The molecule has 3 saturated carbocycles. The van der Waals surface area contributed by atoms with Crippen molar-refractivity contribution in [3.8, 4) is 0 Å². The number of esters is 1. The molecule has 0 aromatic heterocycles. The maximum atomic E-state index is 12.6. The summed E-state index contributed by atoms with van der Waals surface area (Å²) in [5.74, 6) is 2.19. The van der Waals surface area contributed by atoms with Crippen molar-refractivity contribution < 1.29 is 14.3 Å². The Bertz CT molecular complexity index is 903. The highest BCUT2D eigenvalue weighted by Gasteiger charge is 2.59. The van der Waals surface area contributed by atoms with Gasteiger partial charge in [-0.2, -0.15) is 0 Å². The molecule has 0 aromatic carbocycles. The third kappa shape index (κ3) is 4.74. The van der Waals surface area contributed by atoms with Gasteiger partial charge >= 0.3 is 5.97 Å². The third-order valence-electron chi connectivity index (χ3n) is 10.6. The lowest BCUT2D eigenvalue weighted by Gasteiger charge is -2.61. The molecule has 0 spiro atoms. The molecule has 9 atom stereocenters. The molecule has 0 aliphatic heterocycles. The van der Waals surface area contributed by atoms with Crippen molar-refractivity contribution in [1.82, 2.24) is 10.2 Å². The lowest BCUT2D eigenvalue weighted by Crippen LogP contribution is -2.59. The Morgan fingerprint density at radius 1 is 1.17 bits per heavy atom. The van der Waals surface area contributed by atoms with Gasteiger partial charge in [-0.25, -0.2) is 0 Å². The lowest BCUT2D eigenvalue weighted by atomic mass is 9.45. The highest BCUT2D eigenvalue weighted by atomic mass is 16.5. The average molecular weight is 485 g/mol. The minimum atomic E-state index is -0.255. The quantitative estimate of drug-likeness (QED) is 0.318. The second-order valence-electron chi connectivity index (χ2n) is 13.1. The molecule has 0 bridgehead atoms. The summed E-state index contributed by atoms with van der Waals surface area (Å²) in [5, 5.41) is 3.19. The van der Waals surface area contributed by atoms with Crippen LogP contribution in [0.3, 0.4) is 0 Å². The Hall–Kier alpha value is -1.62. The van der Waals surface area contributed by atoms with E-state index in [1.54, 1.807) is 11.6 Å². The van der Waals surface area contributed by atoms with E-state index in [-0.39, 0.29) is 29.4 Å². The van der Waals surface area contributed by atoms with Gasteiger partial charge in [-0.15, -0.1) is 0 Å². The molecule has 5 nitrogen and oxygen atoms in total. The molecule has 0 radical (unpaired) electrons. The molecule has 1 N–H and O–H groups in total. The van der Waals surface area contributed by atoms with Crippen LogP contribution >= 0.6 is 0 Å². The Labute approximate surface area is 213 Å². The van der Waals surface area contributed by atoms with Crippen molar-refractivity contribution in [2.24, 2.45) is 34.5 Å². The molecular weight excluding hydrogens is 436 g/mol. The van der Waals surface area contributed by atoms with Crippen molar-refractivity contribution in [2.75, 3.05) is 14.1 Å². The highest BCUT2D eigenvalue weighted by Crippen LogP contribution is 2.66. The first-order valence-electron chi connectivity index (χ1n) is 13.9. The van der Waals surface area contributed by atoms with Gasteiger partial charge < -0.3 is 15.0 Å². The maximum absolute atomic E-state index is 12.6. The first-order chi connectivity index (χ1) is 16.4. The van der Waals surface area contributed by atoms with Gasteiger partial charge in [0.05, 0.1) is 6.04 Å². The van der Waals surface area contributed by atoms with Crippen LogP contribution in [-0.4, -0.2) is 49.1 Å². The molecule has 5 heteroatoms. The number of carbonyl (C=O) groups is 2. The molecule has 0 heterocycles. The van der Waals surface area contributed by atoms with Crippen LogP contribution in [0.25, 0.3) is 0 Å². The zero-order valence-corrected chi connectivity index (χ0v) is 23.3. The van der Waals surface area contributed by atoms with E-state index in [0.717, 1.165) is 18.4 Å². The topological polar surface area (TPSA) is 58.6 Å². The number of hydrogen-bond donors (Lipinski definition) is 1. The normalized spacial score (nSPS) is 41.1. The number of allylic oxidation sites excluding steroid dienone is 3. The van der Waals surface area contributed by atoms with Crippen LogP contribution < -0.4 is 5.32 Å². The van der Waals surface area contributed by atoms with Crippen LogP contribution in [0.1, 0.15) is 86.5 Å². The van der Waals surface area contributed by atoms with E-state index < -0.39 is 0 Å².